The number of anilines is 1. The summed E-state index contributed by atoms with van der Waals surface area (Å²) in [5, 5.41) is 4.09. The zero-order valence-electron chi connectivity index (χ0n) is 20.5. The monoisotopic (exact) mass is 474 g/mol. The molecule has 35 heavy (non-hydrogen) atoms. The Labute approximate surface area is 206 Å². The van der Waals surface area contributed by atoms with Crippen LogP contribution in [0.3, 0.4) is 0 Å². The van der Waals surface area contributed by atoms with Gasteiger partial charge in [0.15, 0.2) is 5.82 Å². The maximum absolute atomic E-state index is 12.3. The molecule has 0 radical (unpaired) electrons. The molecule has 0 aliphatic carbocycles. The van der Waals surface area contributed by atoms with Gasteiger partial charge in [0, 0.05) is 31.4 Å². The van der Waals surface area contributed by atoms with Gasteiger partial charge in [-0.15, -0.1) is 0 Å². The summed E-state index contributed by atoms with van der Waals surface area (Å²) < 4.78 is 7.91. The molecule has 0 spiro atoms. The Bertz CT molecular complexity index is 1280. The van der Waals surface area contributed by atoms with Gasteiger partial charge in [0.1, 0.15) is 17.9 Å². The predicted molar refractivity (Wildman–Crippen MR) is 141 cm³/mol. The van der Waals surface area contributed by atoms with E-state index >= 15 is 0 Å². The lowest BCUT2D eigenvalue weighted by Gasteiger charge is -2.12. The van der Waals surface area contributed by atoms with Crippen LogP contribution in [0.4, 0.5) is 5.82 Å². The number of ether oxygens (including phenoxy) is 1. The number of nitrogens with one attached hydrogen (secondary N) is 1. The Morgan fingerprint density at radius 3 is 2.86 bits per heavy atom. The number of rotatable bonds is 12. The molecule has 0 bridgehead atoms. The van der Waals surface area contributed by atoms with E-state index in [2.05, 4.69) is 24.8 Å². The molecule has 3 N–H and O–H groups in total. The number of nitrogens with zero attached hydrogens (tertiary/aromatic N) is 4. The van der Waals surface area contributed by atoms with Crippen molar-refractivity contribution >= 4 is 33.7 Å². The molecule has 0 aliphatic rings. The number of nitrogens with two attached hydrogens (primary N) is 1. The van der Waals surface area contributed by atoms with Gasteiger partial charge >= 0.3 is 0 Å². The number of hydrogen-bond acceptors (Lipinski definition) is 6. The van der Waals surface area contributed by atoms with Crippen LogP contribution in [-0.4, -0.2) is 59.1 Å². The third kappa shape index (κ3) is 6.48. The van der Waals surface area contributed by atoms with Gasteiger partial charge in [-0.2, -0.15) is 0 Å². The highest BCUT2D eigenvalue weighted by atomic mass is 16.5. The fraction of sp³-hybridized carbons (Fsp3) is 0.370. The van der Waals surface area contributed by atoms with E-state index in [1.807, 2.05) is 69.0 Å². The third-order valence-corrected chi connectivity index (χ3v) is 5.97. The van der Waals surface area contributed by atoms with Crippen LogP contribution in [0, 0.1) is 0 Å². The van der Waals surface area contributed by atoms with E-state index in [-0.39, 0.29) is 5.91 Å². The molecule has 184 valence electrons. The highest BCUT2D eigenvalue weighted by molar-refractivity contribution is 6.06. The summed E-state index contributed by atoms with van der Waals surface area (Å²) in [5.74, 6) is 1.37. The van der Waals surface area contributed by atoms with E-state index in [9.17, 15) is 4.79 Å². The van der Waals surface area contributed by atoms with Crippen LogP contribution in [0.2, 0.25) is 0 Å². The lowest BCUT2D eigenvalue weighted by atomic mass is 10.1. The summed E-state index contributed by atoms with van der Waals surface area (Å²) in [4.78, 5) is 23.3. The Balaban J connectivity index is 1.20. The van der Waals surface area contributed by atoms with Gasteiger partial charge in [0.25, 0.3) is 0 Å². The summed E-state index contributed by atoms with van der Waals surface area (Å²) in [7, 11) is 4.04. The number of carbonyl (C=O) groups is 1. The van der Waals surface area contributed by atoms with Gasteiger partial charge in [-0.1, -0.05) is 30.3 Å². The molecule has 1 amide bonds. The lowest BCUT2D eigenvalue weighted by Crippen LogP contribution is -2.24. The van der Waals surface area contributed by atoms with Crippen LogP contribution < -0.4 is 15.8 Å². The number of aromatic nitrogens is 3. The lowest BCUT2D eigenvalue weighted by molar-refractivity contribution is -0.121. The molecule has 8 heteroatoms. The minimum Gasteiger partial charge on any atom is -0.492 e. The molecule has 0 fully saturated rings. The number of fused-ring (bicyclic) bond motifs is 3. The average molecular weight is 475 g/mol. The maximum Gasteiger partial charge on any atom is 0.220 e. The van der Waals surface area contributed by atoms with Gasteiger partial charge in [-0.25, -0.2) is 9.97 Å². The number of para-hydroxylation sites is 1. The molecule has 2 aromatic heterocycles. The zero-order chi connectivity index (χ0) is 24.6. The zero-order valence-corrected chi connectivity index (χ0v) is 20.5. The van der Waals surface area contributed by atoms with Crippen LogP contribution in [0.15, 0.2) is 54.9 Å². The van der Waals surface area contributed by atoms with Crippen LogP contribution in [0.25, 0.3) is 21.9 Å². The highest BCUT2D eigenvalue weighted by Crippen LogP contribution is 2.27. The van der Waals surface area contributed by atoms with Crippen molar-refractivity contribution in [1.82, 2.24) is 24.8 Å². The van der Waals surface area contributed by atoms with Crippen molar-refractivity contribution in [2.75, 3.05) is 39.5 Å². The summed E-state index contributed by atoms with van der Waals surface area (Å²) in [6.45, 7) is 2.97. The first kappa shape index (κ1) is 24.5. The minimum absolute atomic E-state index is 0.0712. The standard InChI is InChI=1S/C27H34N6O2/c1-32(2)16-17-35-21-9-7-8-20(18-21)12-13-24(34)29-14-5-6-15-33-19-30-25-26(33)22-10-3-4-11-23(22)31-27(25)28/h3-4,7-11,18-19H,5-6,12-17H2,1-2H3,(H2,28,31)(H,29,34). The second kappa shape index (κ2) is 11.7. The Kier molecular flexibility index (Phi) is 8.15. The van der Waals surface area contributed by atoms with Gasteiger partial charge < -0.3 is 25.3 Å². The van der Waals surface area contributed by atoms with Crippen molar-refractivity contribution in [3.05, 3.63) is 60.4 Å². The summed E-state index contributed by atoms with van der Waals surface area (Å²) in [6.07, 6.45) is 4.80. The maximum atomic E-state index is 12.3. The number of pyridine rings is 1. The van der Waals surface area contributed by atoms with Crippen LogP contribution in [-0.2, 0) is 17.8 Å². The fourth-order valence-electron chi connectivity index (χ4n) is 4.09. The van der Waals surface area contributed by atoms with Crippen molar-refractivity contribution in [2.24, 2.45) is 0 Å². The smallest absolute Gasteiger partial charge is 0.220 e. The quantitative estimate of drug-likeness (QED) is 0.304. The molecule has 8 nitrogen and oxygen atoms in total. The average Bonchev–Trinajstić information content (AvgIpc) is 3.28. The van der Waals surface area contributed by atoms with E-state index < -0.39 is 0 Å². The molecule has 0 saturated carbocycles. The van der Waals surface area contributed by atoms with Gasteiger partial charge in [0.2, 0.25) is 5.91 Å². The predicted octanol–water partition coefficient (Wildman–Crippen LogP) is 3.64. The molecular weight excluding hydrogens is 440 g/mol. The Hall–Kier alpha value is -3.65. The van der Waals surface area contributed by atoms with Crippen LogP contribution in [0.1, 0.15) is 24.8 Å². The van der Waals surface area contributed by atoms with E-state index in [0.717, 1.165) is 59.2 Å². The first-order valence-corrected chi connectivity index (χ1v) is 12.1. The second-order valence-electron chi connectivity index (χ2n) is 9.01. The van der Waals surface area contributed by atoms with E-state index in [1.54, 1.807) is 0 Å². The molecule has 0 atom stereocenters. The largest absolute Gasteiger partial charge is 0.492 e. The number of nitrogen functional groups attached to an aromatic ring is 1. The summed E-state index contributed by atoms with van der Waals surface area (Å²) in [6, 6.07) is 16.0. The van der Waals surface area contributed by atoms with Crippen molar-refractivity contribution in [3.8, 4) is 5.75 Å². The number of likely N-dealkylation sites (N-methyl/N-ethyl adjacent to an activating group) is 1. The van der Waals surface area contributed by atoms with Crippen molar-refractivity contribution in [3.63, 3.8) is 0 Å². The van der Waals surface area contributed by atoms with E-state index in [1.165, 1.54) is 0 Å². The SMILES string of the molecule is CN(C)CCOc1cccc(CCC(=O)NCCCCn2cnc3c(N)nc4ccccc4c32)c1. The number of unbranched alkanes of at least 4 members (excludes halogenated alkanes) is 1. The van der Waals surface area contributed by atoms with Gasteiger partial charge in [-0.3, -0.25) is 4.79 Å². The third-order valence-electron chi connectivity index (χ3n) is 5.97. The summed E-state index contributed by atoms with van der Waals surface area (Å²) >= 11 is 0. The van der Waals surface area contributed by atoms with Crippen LogP contribution >= 0.6 is 0 Å². The molecule has 4 rings (SSSR count). The first-order chi connectivity index (χ1) is 17.0. The van der Waals surface area contributed by atoms with E-state index in [0.29, 0.717) is 31.8 Å². The Morgan fingerprint density at radius 2 is 2.00 bits per heavy atom. The molecular formula is C27H34N6O2. The fourth-order valence-corrected chi connectivity index (χ4v) is 4.09. The topological polar surface area (TPSA) is 98.3 Å². The van der Waals surface area contributed by atoms with E-state index in [4.69, 9.17) is 10.5 Å². The summed E-state index contributed by atoms with van der Waals surface area (Å²) in [5.41, 5.74) is 9.85. The molecule has 0 unspecified atom stereocenters. The first-order valence-electron chi connectivity index (χ1n) is 12.1. The molecule has 2 heterocycles. The van der Waals surface area contributed by atoms with Crippen LogP contribution in [0.5, 0.6) is 5.75 Å². The second-order valence-corrected chi connectivity index (χ2v) is 9.01. The number of imidazole rings is 1. The number of amides is 1. The normalized spacial score (nSPS) is 11.4. The number of hydrogen-bond donors (Lipinski definition) is 2. The van der Waals surface area contributed by atoms with Crippen molar-refractivity contribution in [1.29, 1.82) is 0 Å². The molecule has 4 aromatic rings. The van der Waals surface area contributed by atoms with Crippen molar-refractivity contribution in [2.45, 2.75) is 32.2 Å². The Morgan fingerprint density at radius 1 is 1.14 bits per heavy atom. The van der Waals surface area contributed by atoms with Crippen molar-refractivity contribution < 1.29 is 9.53 Å². The minimum atomic E-state index is 0.0712. The molecule has 0 aliphatic heterocycles. The number of benzene rings is 2. The van der Waals surface area contributed by atoms with Gasteiger partial charge in [-0.05, 0) is 57.1 Å². The molecule has 2 aromatic carbocycles. The highest BCUT2D eigenvalue weighted by Gasteiger charge is 2.12. The molecule has 0 saturated heterocycles. The number of carbonyl (C=O) groups excluding carboxylic acids is 1. The van der Waals surface area contributed by atoms with Gasteiger partial charge in [0.05, 0.1) is 17.4 Å². The number of aryl methyl sites for hydroxylation is 2.